The van der Waals surface area contributed by atoms with Gasteiger partial charge in [-0.25, -0.2) is 4.39 Å². The molecule has 1 aromatic carbocycles. The van der Waals surface area contributed by atoms with E-state index >= 15 is 0 Å². The average molecular weight is 307 g/mol. The molecule has 0 radical (unpaired) electrons. The quantitative estimate of drug-likeness (QED) is 0.824. The van der Waals surface area contributed by atoms with E-state index < -0.39 is 0 Å². The third kappa shape index (κ3) is 4.68. The molecule has 2 aromatic rings. The summed E-state index contributed by atoms with van der Waals surface area (Å²) in [5.41, 5.74) is 1.52. The molecule has 0 spiro atoms. The Morgan fingerprint density at radius 1 is 1.19 bits per heavy atom. The maximum atomic E-state index is 12.9. The van der Waals surface area contributed by atoms with Gasteiger partial charge in [-0.3, -0.25) is 0 Å². The number of rotatable bonds is 7. The summed E-state index contributed by atoms with van der Waals surface area (Å²) in [4.78, 5) is 0. The molecule has 6 heteroatoms. The minimum absolute atomic E-state index is 0.138. The van der Waals surface area contributed by atoms with Crippen LogP contribution in [0.5, 0.6) is 0 Å². The Morgan fingerprint density at radius 3 is 2.52 bits per heavy atom. The normalized spacial score (nSPS) is 12.1. The highest BCUT2D eigenvalue weighted by molar-refractivity contribution is 7.98. The van der Waals surface area contributed by atoms with E-state index in [9.17, 15) is 4.39 Å². The number of aliphatic hydroxyl groups is 1. The second-order valence-electron chi connectivity index (χ2n) is 4.62. The Labute approximate surface area is 127 Å². The summed E-state index contributed by atoms with van der Waals surface area (Å²) in [5.74, 6) is 1.30. The van der Waals surface area contributed by atoms with Gasteiger partial charge < -0.3 is 10.4 Å². The van der Waals surface area contributed by atoms with Crippen LogP contribution in [0.2, 0.25) is 0 Å². The second-order valence-corrected chi connectivity index (χ2v) is 5.53. The van der Waals surface area contributed by atoms with Crippen molar-refractivity contribution in [2.24, 2.45) is 0 Å². The highest BCUT2D eigenvalue weighted by atomic mass is 32.2. The van der Waals surface area contributed by atoms with E-state index in [0.717, 1.165) is 11.3 Å². The van der Waals surface area contributed by atoms with Gasteiger partial charge >= 0.3 is 0 Å². The first kappa shape index (κ1) is 15.7. The van der Waals surface area contributed by atoms with E-state index in [1.165, 1.54) is 12.1 Å². The Morgan fingerprint density at radius 2 is 1.95 bits per heavy atom. The van der Waals surface area contributed by atoms with Crippen molar-refractivity contribution in [3.8, 4) is 11.3 Å². The molecule has 0 aliphatic rings. The van der Waals surface area contributed by atoms with Gasteiger partial charge in [0.05, 0.1) is 5.69 Å². The number of anilines is 1. The van der Waals surface area contributed by atoms with Crippen LogP contribution in [0.4, 0.5) is 10.2 Å². The molecule has 0 saturated carbocycles. The van der Waals surface area contributed by atoms with Crippen molar-refractivity contribution in [1.29, 1.82) is 0 Å². The molecule has 0 bridgehead atoms. The summed E-state index contributed by atoms with van der Waals surface area (Å²) in [6.45, 7) is 0.138. The number of thioether (sulfide) groups is 1. The van der Waals surface area contributed by atoms with Crippen molar-refractivity contribution in [2.45, 2.75) is 12.5 Å². The van der Waals surface area contributed by atoms with Crippen molar-refractivity contribution in [2.75, 3.05) is 23.9 Å². The molecule has 21 heavy (non-hydrogen) atoms. The monoisotopic (exact) mass is 307 g/mol. The largest absolute Gasteiger partial charge is 0.396 e. The van der Waals surface area contributed by atoms with Gasteiger partial charge in [-0.05, 0) is 49.1 Å². The van der Waals surface area contributed by atoms with Crippen LogP contribution < -0.4 is 5.32 Å². The zero-order valence-electron chi connectivity index (χ0n) is 11.8. The molecular formula is C15H18FN3OS. The lowest BCUT2D eigenvalue weighted by molar-refractivity contribution is 0.282. The molecule has 1 aromatic heterocycles. The molecule has 0 fully saturated rings. The van der Waals surface area contributed by atoms with E-state index in [4.69, 9.17) is 5.11 Å². The molecule has 0 amide bonds. The Balaban J connectivity index is 2.05. The van der Waals surface area contributed by atoms with Crippen molar-refractivity contribution >= 4 is 17.6 Å². The molecule has 4 nitrogen and oxygen atoms in total. The first-order valence-electron chi connectivity index (χ1n) is 6.69. The predicted molar refractivity (Wildman–Crippen MR) is 84.9 cm³/mol. The van der Waals surface area contributed by atoms with Gasteiger partial charge in [0.15, 0.2) is 0 Å². The molecule has 1 atom stereocenters. The number of hydrogen-bond donors (Lipinski definition) is 2. The van der Waals surface area contributed by atoms with E-state index in [1.807, 2.05) is 18.4 Å². The molecular weight excluding hydrogens is 289 g/mol. The fraction of sp³-hybridized carbons (Fsp3) is 0.333. The fourth-order valence-electron chi connectivity index (χ4n) is 1.95. The van der Waals surface area contributed by atoms with Gasteiger partial charge in [-0.1, -0.05) is 0 Å². The van der Waals surface area contributed by atoms with Gasteiger partial charge in [0.1, 0.15) is 11.6 Å². The summed E-state index contributed by atoms with van der Waals surface area (Å²) in [5, 5.41) is 20.6. The Hall–Kier alpha value is -1.66. The summed E-state index contributed by atoms with van der Waals surface area (Å²) in [6, 6.07) is 10.0. The molecule has 2 rings (SSSR count). The smallest absolute Gasteiger partial charge is 0.148 e. The zero-order valence-corrected chi connectivity index (χ0v) is 12.6. The van der Waals surface area contributed by atoms with Crippen molar-refractivity contribution in [1.82, 2.24) is 10.2 Å². The maximum Gasteiger partial charge on any atom is 0.148 e. The molecule has 1 heterocycles. The lowest BCUT2D eigenvalue weighted by Gasteiger charge is -2.16. The third-order valence-corrected chi connectivity index (χ3v) is 3.74. The van der Waals surface area contributed by atoms with Crippen molar-refractivity contribution < 1.29 is 9.50 Å². The van der Waals surface area contributed by atoms with Crippen LogP contribution in [0.25, 0.3) is 11.3 Å². The molecule has 0 aliphatic heterocycles. The van der Waals surface area contributed by atoms with Gasteiger partial charge in [-0.2, -0.15) is 11.8 Å². The van der Waals surface area contributed by atoms with Crippen LogP contribution in [0.1, 0.15) is 6.42 Å². The van der Waals surface area contributed by atoms with E-state index in [2.05, 4.69) is 15.5 Å². The summed E-state index contributed by atoms with van der Waals surface area (Å²) in [7, 11) is 0. The van der Waals surface area contributed by atoms with Crippen LogP contribution in [0.15, 0.2) is 36.4 Å². The Kier molecular flexibility index (Phi) is 5.95. The molecule has 2 N–H and O–H groups in total. The lowest BCUT2D eigenvalue weighted by atomic mass is 10.1. The second kappa shape index (κ2) is 7.95. The first-order chi connectivity index (χ1) is 10.2. The highest BCUT2D eigenvalue weighted by Gasteiger charge is 2.09. The van der Waals surface area contributed by atoms with E-state index in [-0.39, 0.29) is 18.5 Å². The standard InChI is InChI=1S/C15H18FN3OS/c1-21-10-13(8-9-20)17-15-7-6-14(18-19-15)11-2-4-12(16)5-3-11/h2-7,13,20H,8-10H2,1H3,(H,17,19). The van der Waals surface area contributed by atoms with E-state index in [1.54, 1.807) is 23.9 Å². The lowest BCUT2D eigenvalue weighted by Crippen LogP contribution is -2.24. The van der Waals surface area contributed by atoms with Crippen LogP contribution in [-0.2, 0) is 0 Å². The molecule has 0 aliphatic carbocycles. The first-order valence-corrected chi connectivity index (χ1v) is 8.08. The zero-order chi connectivity index (χ0) is 15.1. The van der Waals surface area contributed by atoms with Crippen LogP contribution in [-0.4, -0.2) is 40.0 Å². The minimum Gasteiger partial charge on any atom is -0.396 e. The molecule has 1 unspecified atom stereocenters. The van der Waals surface area contributed by atoms with Gasteiger partial charge in [0.25, 0.3) is 0 Å². The Bertz CT molecular complexity index is 542. The SMILES string of the molecule is CSCC(CCO)Nc1ccc(-c2ccc(F)cc2)nn1. The molecule has 0 saturated heterocycles. The third-order valence-electron chi connectivity index (χ3n) is 3.00. The average Bonchev–Trinajstić information content (AvgIpc) is 2.49. The summed E-state index contributed by atoms with van der Waals surface area (Å²) < 4.78 is 12.9. The van der Waals surface area contributed by atoms with Gasteiger partial charge in [0.2, 0.25) is 0 Å². The molecule has 112 valence electrons. The number of nitrogens with zero attached hydrogens (tertiary/aromatic N) is 2. The van der Waals surface area contributed by atoms with Gasteiger partial charge in [0, 0.05) is 24.0 Å². The fourth-order valence-corrected chi connectivity index (χ4v) is 2.60. The maximum absolute atomic E-state index is 12.9. The van der Waals surface area contributed by atoms with Gasteiger partial charge in [-0.15, -0.1) is 10.2 Å². The number of halogens is 1. The summed E-state index contributed by atoms with van der Waals surface area (Å²) >= 11 is 1.71. The number of aromatic nitrogens is 2. The number of nitrogens with one attached hydrogen (secondary N) is 1. The number of hydrogen-bond acceptors (Lipinski definition) is 5. The predicted octanol–water partition coefficient (Wildman–Crippen LogP) is 2.81. The van der Waals surface area contributed by atoms with Crippen LogP contribution in [0, 0.1) is 5.82 Å². The number of benzene rings is 1. The topological polar surface area (TPSA) is 58.0 Å². The van der Waals surface area contributed by atoms with Crippen molar-refractivity contribution in [3.05, 3.63) is 42.2 Å². The minimum atomic E-state index is -0.270. The van der Waals surface area contributed by atoms with Crippen LogP contribution >= 0.6 is 11.8 Å². The van der Waals surface area contributed by atoms with Crippen molar-refractivity contribution in [3.63, 3.8) is 0 Å². The summed E-state index contributed by atoms with van der Waals surface area (Å²) in [6.07, 6.45) is 2.69. The highest BCUT2D eigenvalue weighted by Crippen LogP contribution is 2.18. The number of aliphatic hydroxyl groups excluding tert-OH is 1. The van der Waals surface area contributed by atoms with Crippen LogP contribution in [0.3, 0.4) is 0 Å². The van der Waals surface area contributed by atoms with E-state index in [0.29, 0.717) is 17.9 Å².